The molecule has 15 nitrogen and oxygen atoms in total. The number of phosphoric ester groups is 1. The monoisotopic (exact) mass is 674 g/mol. The van der Waals surface area contributed by atoms with E-state index in [1.807, 2.05) is 0 Å². The lowest BCUT2D eigenvalue weighted by atomic mass is 10.2. The molecule has 0 aliphatic rings. The van der Waals surface area contributed by atoms with Crippen molar-refractivity contribution in [2.75, 3.05) is 0 Å². The van der Waals surface area contributed by atoms with Crippen molar-refractivity contribution in [2.24, 2.45) is 5.73 Å². The molecule has 3 aromatic heterocycles. The first-order valence-electron chi connectivity index (χ1n) is 11.4. The van der Waals surface area contributed by atoms with Crippen LogP contribution in [-0.2, 0) is 28.4 Å². The summed E-state index contributed by atoms with van der Waals surface area (Å²) in [5.41, 5.74) is 2.66. The number of rotatable bonds is 9. The molecule has 23 heteroatoms. The van der Waals surface area contributed by atoms with E-state index in [9.17, 15) is 40.5 Å². The minimum absolute atomic E-state index is 0. The van der Waals surface area contributed by atoms with Crippen molar-refractivity contribution in [1.82, 2.24) is 34.1 Å². The molecule has 0 aliphatic carbocycles. The molecule has 3 heterocycles. The van der Waals surface area contributed by atoms with Gasteiger partial charge in [-0.25, -0.2) is 24.0 Å². The Morgan fingerprint density at radius 1 is 1.09 bits per heavy atom. The van der Waals surface area contributed by atoms with Crippen LogP contribution in [0.15, 0.2) is 47.4 Å². The maximum absolute atomic E-state index is 13.6. The quantitative estimate of drug-likeness (QED) is 0.172. The third-order valence-corrected chi connectivity index (χ3v) is 6.24. The fraction of sp³-hybridized carbons (Fsp3) is 0.238. The van der Waals surface area contributed by atoms with E-state index in [4.69, 9.17) is 27.1 Å². The van der Waals surface area contributed by atoms with Crippen LogP contribution >= 0.6 is 19.4 Å². The van der Waals surface area contributed by atoms with Gasteiger partial charge in [0, 0.05) is 16.8 Å². The van der Waals surface area contributed by atoms with E-state index in [0.717, 1.165) is 12.3 Å². The Bertz CT molecular complexity index is 1770. The number of nitrogens with two attached hydrogens (primary N) is 1. The van der Waals surface area contributed by atoms with Crippen LogP contribution in [0.2, 0.25) is 5.02 Å². The Balaban J connectivity index is 0.00000529. The number of carbonyl (C=O) groups is 1. The zero-order valence-electron chi connectivity index (χ0n) is 21.4. The molecule has 1 amide bonds. The number of phosphoric acid groups is 1. The number of primary amides is 1. The third kappa shape index (κ3) is 7.68. The van der Waals surface area contributed by atoms with Crippen molar-refractivity contribution in [1.29, 1.82) is 0 Å². The Labute approximate surface area is 245 Å². The number of benzene rings is 1. The lowest BCUT2D eigenvalue weighted by Gasteiger charge is -2.21. The molecule has 0 aliphatic heterocycles. The lowest BCUT2D eigenvalue weighted by Crippen LogP contribution is -2.38. The van der Waals surface area contributed by atoms with Crippen molar-refractivity contribution in [2.45, 2.75) is 31.5 Å². The molecular weight excluding hydrogens is 657 g/mol. The van der Waals surface area contributed by atoms with Gasteiger partial charge in [-0.15, -0.1) is 10.2 Å². The molecule has 0 spiro atoms. The number of hydrogen-bond acceptors (Lipinski definition) is 8. The third-order valence-electron chi connectivity index (χ3n) is 5.46. The smallest absolute Gasteiger partial charge is 0.412 e. The summed E-state index contributed by atoms with van der Waals surface area (Å²) in [4.78, 5) is 50.6. The predicted molar refractivity (Wildman–Crippen MR) is 135 cm³/mol. The molecule has 4 rings (SSSR count). The number of aromatic nitrogens is 7. The summed E-state index contributed by atoms with van der Waals surface area (Å²) in [5, 5.41) is 7.95. The van der Waals surface area contributed by atoms with Gasteiger partial charge in [-0.05, 0) is 36.4 Å². The highest BCUT2D eigenvalue weighted by Gasteiger charge is 2.45. The maximum atomic E-state index is 13.6. The van der Waals surface area contributed by atoms with Gasteiger partial charge in [0.05, 0.1) is 6.54 Å². The fourth-order valence-electron chi connectivity index (χ4n) is 3.70. The van der Waals surface area contributed by atoms with Crippen molar-refractivity contribution < 1.29 is 55.5 Å². The standard InChI is InChI=1S/C21H16ClF6N8O6P.H2O/c22-11-5-3-10(4-6-11)16-33-35(19(38)34(16)8-13(21(26,27)28)42-43(39,40)41)9-14-31-18(15(29)37)36(32-14)17-12(20(23,24)25)2-1-7-30-17;/h1-7,13H,8-9H2,(H2,29,37)(H2,39,40,41);1H2/t13-;/m0./s1. The maximum Gasteiger partial charge on any atom is 0.470 e. The number of carbonyl (C=O) groups excluding carboxylic acids is 1. The van der Waals surface area contributed by atoms with Gasteiger partial charge in [-0.2, -0.15) is 31.0 Å². The van der Waals surface area contributed by atoms with Crippen molar-refractivity contribution >= 4 is 25.3 Å². The van der Waals surface area contributed by atoms with Crippen LogP contribution in [0.25, 0.3) is 17.2 Å². The van der Waals surface area contributed by atoms with Gasteiger partial charge in [-0.3, -0.25) is 13.9 Å². The molecule has 1 aromatic carbocycles. The molecule has 238 valence electrons. The molecule has 0 saturated heterocycles. The number of nitrogens with zero attached hydrogens (tertiary/aromatic N) is 7. The SMILES string of the molecule is NC(=O)c1nc(Cn2nc(-c3ccc(Cl)cc3)n(C[C@H](OP(=O)(O)O)C(F)(F)F)c2=O)nn1-c1ncccc1C(F)(F)F.O. The zero-order valence-corrected chi connectivity index (χ0v) is 23.0. The normalized spacial score (nSPS) is 13.0. The molecule has 0 fully saturated rings. The van der Waals surface area contributed by atoms with Crippen LogP contribution in [0, 0.1) is 0 Å². The molecule has 6 N–H and O–H groups in total. The van der Waals surface area contributed by atoms with E-state index in [2.05, 4.69) is 24.7 Å². The second kappa shape index (κ2) is 12.5. The Hall–Kier alpha value is -4.14. The van der Waals surface area contributed by atoms with Gasteiger partial charge in [0.1, 0.15) is 12.1 Å². The minimum Gasteiger partial charge on any atom is -0.412 e. The van der Waals surface area contributed by atoms with E-state index in [1.165, 1.54) is 24.3 Å². The van der Waals surface area contributed by atoms with Gasteiger partial charge in [0.15, 0.2) is 23.6 Å². The average Bonchev–Trinajstić information content (AvgIpc) is 3.44. The number of hydrogen-bond donors (Lipinski definition) is 3. The molecule has 44 heavy (non-hydrogen) atoms. The van der Waals surface area contributed by atoms with Gasteiger partial charge < -0.3 is 21.0 Å². The van der Waals surface area contributed by atoms with E-state index < -0.39 is 79.8 Å². The number of amides is 1. The first-order chi connectivity index (χ1) is 19.8. The lowest BCUT2D eigenvalue weighted by molar-refractivity contribution is -0.202. The predicted octanol–water partition coefficient (Wildman–Crippen LogP) is 1.72. The highest BCUT2D eigenvalue weighted by molar-refractivity contribution is 7.46. The number of pyridine rings is 1. The highest BCUT2D eigenvalue weighted by Crippen LogP contribution is 2.42. The summed E-state index contributed by atoms with van der Waals surface area (Å²) < 4.78 is 98.0. The second-order valence-corrected chi connectivity index (χ2v) is 10.1. The second-order valence-electron chi connectivity index (χ2n) is 8.51. The van der Waals surface area contributed by atoms with Crippen LogP contribution < -0.4 is 11.4 Å². The first-order valence-corrected chi connectivity index (χ1v) is 13.3. The average molecular weight is 675 g/mol. The molecule has 0 saturated carbocycles. The van der Waals surface area contributed by atoms with Crippen LogP contribution in [0.1, 0.15) is 22.0 Å². The van der Waals surface area contributed by atoms with E-state index in [0.29, 0.717) is 20.0 Å². The molecular formula is C21H18ClF6N8O7P. The van der Waals surface area contributed by atoms with Gasteiger partial charge in [0.25, 0.3) is 5.91 Å². The summed E-state index contributed by atoms with van der Waals surface area (Å²) in [6, 6.07) is 6.79. The van der Waals surface area contributed by atoms with Crippen molar-refractivity contribution in [3.8, 4) is 17.2 Å². The first kappa shape index (κ1) is 34.4. The molecule has 4 aromatic rings. The largest absolute Gasteiger partial charge is 0.470 e. The molecule has 1 atom stereocenters. The summed E-state index contributed by atoms with van der Waals surface area (Å²) in [7, 11) is -5.70. The summed E-state index contributed by atoms with van der Waals surface area (Å²) >= 11 is 5.85. The number of halogens is 7. The Morgan fingerprint density at radius 3 is 2.27 bits per heavy atom. The van der Waals surface area contributed by atoms with Crippen molar-refractivity contribution in [3.63, 3.8) is 0 Å². The molecule has 0 radical (unpaired) electrons. The summed E-state index contributed by atoms with van der Waals surface area (Å²) in [5.74, 6) is -4.02. The Morgan fingerprint density at radius 2 is 1.73 bits per heavy atom. The number of alkyl halides is 6. The van der Waals surface area contributed by atoms with Crippen LogP contribution in [0.5, 0.6) is 0 Å². The molecule has 0 bridgehead atoms. The van der Waals surface area contributed by atoms with Crippen LogP contribution in [-0.4, -0.2) is 67.5 Å². The van der Waals surface area contributed by atoms with E-state index >= 15 is 0 Å². The minimum atomic E-state index is -5.70. The van der Waals surface area contributed by atoms with Crippen LogP contribution in [0.3, 0.4) is 0 Å². The summed E-state index contributed by atoms with van der Waals surface area (Å²) in [6.07, 6.45) is -12.5. The molecule has 0 unspecified atom stereocenters. The topological polar surface area (TPSA) is 225 Å². The van der Waals surface area contributed by atoms with Gasteiger partial charge in [-0.1, -0.05) is 11.6 Å². The van der Waals surface area contributed by atoms with Crippen molar-refractivity contribution in [3.05, 3.63) is 75.3 Å². The van der Waals surface area contributed by atoms with Crippen LogP contribution in [0.4, 0.5) is 26.3 Å². The fourth-order valence-corrected chi connectivity index (χ4v) is 4.34. The van der Waals surface area contributed by atoms with Gasteiger partial charge in [0.2, 0.25) is 5.82 Å². The highest BCUT2D eigenvalue weighted by atomic mass is 35.5. The summed E-state index contributed by atoms with van der Waals surface area (Å²) in [6.45, 7) is -2.30. The van der Waals surface area contributed by atoms with E-state index in [1.54, 1.807) is 0 Å². The Kier molecular flexibility index (Phi) is 9.73. The van der Waals surface area contributed by atoms with Gasteiger partial charge >= 0.3 is 25.9 Å². The van der Waals surface area contributed by atoms with E-state index in [-0.39, 0.29) is 16.1 Å². The zero-order chi connectivity index (χ0) is 31.9.